The number of nitrogens with zero attached hydrogens (tertiary/aromatic N) is 3. The van der Waals surface area contributed by atoms with Crippen molar-refractivity contribution >= 4 is 15.5 Å². The summed E-state index contributed by atoms with van der Waals surface area (Å²) in [7, 11) is -1.04. The van der Waals surface area contributed by atoms with Crippen molar-refractivity contribution in [2.75, 3.05) is 23.5 Å². The minimum atomic E-state index is -2.89. The molecule has 17 heavy (non-hydrogen) atoms. The van der Waals surface area contributed by atoms with E-state index in [4.69, 9.17) is 5.26 Å². The second-order valence-corrected chi connectivity index (χ2v) is 6.41. The van der Waals surface area contributed by atoms with Gasteiger partial charge in [-0.2, -0.15) is 5.26 Å². The summed E-state index contributed by atoms with van der Waals surface area (Å²) in [4.78, 5) is 5.80. The molecule has 0 amide bonds. The molecule has 1 atom stereocenters. The highest BCUT2D eigenvalue weighted by Crippen LogP contribution is 2.22. The smallest absolute Gasteiger partial charge is 0.152 e. The van der Waals surface area contributed by atoms with E-state index in [9.17, 15) is 8.42 Å². The molecular formula is C11H13N3O2S. The van der Waals surface area contributed by atoms with Gasteiger partial charge in [-0.05, 0) is 18.6 Å². The van der Waals surface area contributed by atoms with Gasteiger partial charge in [0, 0.05) is 25.0 Å². The lowest BCUT2D eigenvalue weighted by atomic mass is 10.2. The van der Waals surface area contributed by atoms with E-state index in [-0.39, 0.29) is 17.5 Å². The van der Waals surface area contributed by atoms with E-state index in [1.165, 1.54) is 0 Å². The minimum absolute atomic E-state index is 0.00561. The van der Waals surface area contributed by atoms with Crippen molar-refractivity contribution in [2.45, 2.75) is 12.5 Å². The van der Waals surface area contributed by atoms with E-state index < -0.39 is 9.84 Å². The van der Waals surface area contributed by atoms with Crippen molar-refractivity contribution in [3.8, 4) is 6.07 Å². The Bertz CT molecular complexity index is 562. The molecule has 0 N–H and O–H groups in total. The van der Waals surface area contributed by atoms with Crippen molar-refractivity contribution in [3.05, 3.63) is 24.0 Å². The largest absolute Gasteiger partial charge is 0.370 e. The lowest BCUT2D eigenvalue weighted by molar-refractivity contribution is 0.601. The molecule has 0 radical (unpaired) electrons. The quantitative estimate of drug-likeness (QED) is 0.768. The fourth-order valence-electron chi connectivity index (χ4n) is 1.99. The third kappa shape index (κ3) is 2.56. The Labute approximate surface area is 101 Å². The van der Waals surface area contributed by atoms with Crippen molar-refractivity contribution in [3.63, 3.8) is 0 Å². The number of sulfone groups is 1. The molecule has 1 aromatic rings. The lowest BCUT2D eigenvalue weighted by Crippen LogP contribution is -2.32. The molecular weight excluding hydrogens is 238 g/mol. The summed E-state index contributed by atoms with van der Waals surface area (Å²) in [5, 5.41) is 8.77. The highest BCUT2D eigenvalue weighted by Gasteiger charge is 2.30. The van der Waals surface area contributed by atoms with E-state index in [1.807, 2.05) is 18.0 Å². The van der Waals surface area contributed by atoms with Gasteiger partial charge in [0.25, 0.3) is 0 Å². The van der Waals surface area contributed by atoms with E-state index in [1.54, 1.807) is 18.3 Å². The van der Waals surface area contributed by atoms with Crippen LogP contribution in [0.3, 0.4) is 0 Å². The van der Waals surface area contributed by atoms with Crippen LogP contribution in [0.15, 0.2) is 18.3 Å². The number of nitriles is 1. The van der Waals surface area contributed by atoms with Gasteiger partial charge >= 0.3 is 0 Å². The molecule has 5 nitrogen and oxygen atoms in total. The number of rotatable bonds is 2. The van der Waals surface area contributed by atoms with Crippen LogP contribution in [0.25, 0.3) is 0 Å². The number of hydrogen-bond acceptors (Lipinski definition) is 5. The highest BCUT2D eigenvalue weighted by atomic mass is 32.2. The summed E-state index contributed by atoms with van der Waals surface area (Å²) in [6.45, 7) is 0. The average molecular weight is 251 g/mol. The Morgan fingerprint density at radius 3 is 2.94 bits per heavy atom. The molecule has 1 aromatic heterocycles. The second kappa shape index (κ2) is 4.34. The van der Waals surface area contributed by atoms with Crippen LogP contribution < -0.4 is 4.90 Å². The van der Waals surface area contributed by atoms with Gasteiger partial charge in [0.05, 0.1) is 11.5 Å². The molecule has 0 aromatic carbocycles. The summed E-state index contributed by atoms with van der Waals surface area (Å²) in [5.41, 5.74) is 1.17. The molecule has 90 valence electrons. The first-order valence-corrected chi connectivity index (χ1v) is 7.13. The van der Waals surface area contributed by atoms with Crippen LogP contribution in [0.1, 0.15) is 12.1 Å². The van der Waals surface area contributed by atoms with Gasteiger partial charge in [-0.1, -0.05) is 0 Å². The van der Waals surface area contributed by atoms with Gasteiger partial charge in [0.15, 0.2) is 9.84 Å². The average Bonchev–Trinajstić information content (AvgIpc) is 2.69. The Morgan fingerprint density at radius 2 is 2.35 bits per heavy atom. The molecule has 0 spiro atoms. The normalized spacial score (nSPS) is 22.0. The third-order valence-electron chi connectivity index (χ3n) is 3.02. The molecule has 0 bridgehead atoms. The summed E-state index contributed by atoms with van der Waals surface area (Å²) in [6.07, 6.45) is 2.21. The summed E-state index contributed by atoms with van der Waals surface area (Å²) in [6, 6.07) is 5.42. The maximum Gasteiger partial charge on any atom is 0.152 e. The Kier molecular flexibility index (Phi) is 3.03. The zero-order valence-electron chi connectivity index (χ0n) is 9.50. The van der Waals surface area contributed by atoms with Gasteiger partial charge in [0.1, 0.15) is 11.8 Å². The van der Waals surface area contributed by atoms with Crippen LogP contribution in [0.2, 0.25) is 0 Å². The van der Waals surface area contributed by atoms with Crippen molar-refractivity contribution < 1.29 is 8.42 Å². The van der Waals surface area contributed by atoms with Crippen LogP contribution in [0.4, 0.5) is 5.69 Å². The Morgan fingerprint density at radius 1 is 1.59 bits per heavy atom. The molecule has 1 unspecified atom stereocenters. The fourth-order valence-corrected chi connectivity index (χ4v) is 3.77. The lowest BCUT2D eigenvalue weighted by Gasteiger charge is -2.25. The van der Waals surface area contributed by atoms with Gasteiger partial charge in [0.2, 0.25) is 0 Å². The van der Waals surface area contributed by atoms with Crippen molar-refractivity contribution in [1.82, 2.24) is 4.98 Å². The standard InChI is InChI=1S/C11H13N3O2S/c1-14(11-3-5-17(15,16)8-11)10-2-4-13-9(6-10)7-12/h2,4,6,11H,3,5,8H2,1H3. The SMILES string of the molecule is CN(c1ccnc(C#N)c1)C1CCS(=O)(=O)C1. The van der Waals surface area contributed by atoms with Gasteiger partial charge in [-0.25, -0.2) is 13.4 Å². The molecule has 2 heterocycles. The molecule has 1 saturated heterocycles. The fraction of sp³-hybridized carbons (Fsp3) is 0.455. The predicted molar refractivity (Wildman–Crippen MR) is 64.4 cm³/mol. The molecule has 6 heteroatoms. The van der Waals surface area contributed by atoms with E-state index in [2.05, 4.69) is 4.98 Å². The number of hydrogen-bond donors (Lipinski definition) is 0. The Balaban J connectivity index is 2.20. The monoisotopic (exact) mass is 251 g/mol. The molecule has 0 aliphatic carbocycles. The topological polar surface area (TPSA) is 74.1 Å². The summed E-state index contributed by atoms with van der Waals surface area (Å²) >= 11 is 0. The first-order chi connectivity index (χ1) is 8.02. The zero-order valence-corrected chi connectivity index (χ0v) is 10.3. The van der Waals surface area contributed by atoms with Crippen LogP contribution in [-0.4, -0.2) is 38.0 Å². The van der Waals surface area contributed by atoms with Gasteiger partial charge < -0.3 is 4.90 Å². The summed E-state index contributed by atoms with van der Waals surface area (Å²) < 4.78 is 22.8. The first kappa shape index (κ1) is 11.9. The Hall–Kier alpha value is -1.61. The first-order valence-electron chi connectivity index (χ1n) is 5.31. The zero-order chi connectivity index (χ0) is 12.5. The number of anilines is 1. The van der Waals surface area contributed by atoms with E-state index in [0.29, 0.717) is 12.1 Å². The number of pyridine rings is 1. The predicted octanol–water partition coefficient (Wildman–Crippen LogP) is 0.577. The summed E-state index contributed by atoms with van der Waals surface area (Å²) in [5.74, 6) is 0.436. The molecule has 1 aliphatic rings. The molecule has 1 aliphatic heterocycles. The highest BCUT2D eigenvalue weighted by molar-refractivity contribution is 7.91. The molecule has 2 rings (SSSR count). The molecule has 1 fully saturated rings. The van der Waals surface area contributed by atoms with E-state index in [0.717, 1.165) is 5.69 Å². The maximum absolute atomic E-state index is 11.4. The molecule has 0 saturated carbocycles. The van der Waals surface area contributed by atoms with Crippen LogP contribution in [0.5, 0.6) is 0 Å². The van der Waals surface area contributed by atoms with Crippen molar-refractivity contribution in [1.29, 1.82) is 5.26 Å². The number of aromatic nitrogens is 1. The van der Waals surface area contributed by atoms with Crippen molar-refractivity contribution in [2.24, 2.45) is 0 Å². The van der Waals surface area contributed by atoms with Crippen LogP contribution in [0, 0.1) is 11.3 Å². The van der Waals surface area contributed by atoms with Crippen LogP contribution >= 0.6 is 0 Å². The maximum atomic E-state index is 11.4. The van der Waals surface area contributed by atoms with Gasteiger partial charge in [-0.3, -0.25) is 0 Å². The minimum Gasteiger partial charge on any atom is -0.370 e. The second-order valence-electron chi connectivity index (χ2n) is 4.18. The van der Waals surface area contributed by atoms with E-state index >= 15 is 0 Å². The van der Waals surface area contributed by atoms with Crippen LogP contribution in [-0.2, 0) is 9.84 Å². The third-order valence-corrected chi connectivity index (χ3v) is 4.77. The van der Waals surface area contributed by atoms with Gasteiger partial charge in [-0.15, -0.1) is 0 Å².